The maximum absolute atomic E-state index is 13.2. The van der Waals surface area contributed by atoms with Crippen molar-refractivity contribution in [2.24, 2.45) is 0 Å². The molecule has 0 unspecified atom stereocenters. The predicted molar refractivity (Wildman–Crippen MR) is 139 cm³/mol. The van der Waals surface area contributed by atoms with Gasteiger partial charge in [0.1, 0.15) is 5.75 Å². The third kappa shape index (κ3) is 6.48. The Hall–Kier alpha value is -3.12. The summed E-state index contributed by atoms with van der Waals surface area (Å²) in [6, 6.07) is 22.7. The molecular formula is C28H29BrN2O3. The molecule has 0 radical (unpaired) electrons. The quantitative estimate of drug-likeness (QED) is 0.361. The summed E-state index contributed by atoms with van der Waals surface area (Å²) in [5.74, 6) is 0.0195. The van der Waals surface area contributed by atoms with Gasteiger partial charge in [-0.3, -0.25) is 9.59 Å². The SMILES string of the molecule is O=C(NC1CCCCC1)c1ccccc1NC(=O)c1cc(Br)ccc1OCCc1ccccc1. The molecule has 176 valence electrons. The van der Waals surface area contributed by atoms with Crippen LogP contribution in [0.5, 0.6) is 5.75 Å². The molecule has 0 bridgehead atoms. The number of anilines is 1. The molecule has 0 heterocycles. The number of nitrogens with one attached hydrogen (secondary N) is 2. The standard InChI is InChI=1S/C28H29BrN2O3/c29-21-15-16-26(34-18-17-20-9-3-1-4-10-20)24(19-21)28(33)31-25-14-8-7-13-23(25)27(32)30-22-11-5-2-6-12-22/h1,3-4,7-10,13-16,19,22H,2,5-6,11-12,17-18H2,(H,30,32)(H,31,33). The second kappa shape index (κ2) is 11.8. The molecule has 4 rings (SSSR count). The van der Waals surface area contributed by atoms with E-state index in [9.17, 15) is 9.59 Å². The monoisotopic (exact) mass is 520 g/mol. The first-order chi connectivity index (χ1) is 16.6. The Bertz CT molecular complexity index is 1130. The van der Waals surface area contributed by atoms with Crippen LogP contribution in [0, 0.1) is 0 Å². The van der Waals surface area contributed by atoms with Crippen LogP contribution in [-0.2, 0) is 6.42 Å². The molecule has 1 saturated carbocycles. The molecule has 2 N–H and O–H groups in total. The molecule has 34 heavy (non-hydrogen) atoms. The fourth-order valence-corrected chi connectivity index (χ4v) is 4.58. The van der Waals surface area contributed by atoms with E-state index in [0.29, 0.717) is 29.2 Å². The number of hydrogen-bond donors (Lipinski definition) is 2. The van der Waals surface area contributed by atoms with Crippen LogP contribution in [-0.4, -0.2) is 24.5 Å². The highest BCUT2D eigenvalue weighted by Crippen LogP contribution is 2.26. The van der Waals surface area contributed by atoms with E-state index in [0.717, 1.165) is 36.6 Å². The van der Waals surface area contributed by atoms with Crippen LogP contribution in [0.15, 0.2) is 77.3 Å². The van der Waals surface area contributed by atoms with E-state index in [1.54, 1.807) is 24.3 Å². The lowest BCUT2D eigenvalue weighted by atomic mass is 9.95. The second-order valence-corrected chi connectivity index (χ2v) is 9.45. The maximum atomic E-state index is 13.2. The minimum Gasteiger partial charge on any atom is -0.492 e. The van der Waals surface area contributed by atoms with Crippen molar-refractivity contribution in [3.8, 4) is 5.75 Å². The largest absolute Gasteiger partial charge is 0.492 e. The van der Waals surface area contributed by atoms with Gasteiger partial charge >= 0.3 is 0 Å². The average molecular weight is 521 g/mol. The minimum atomic E-state index is -0.325. The van der Waals surface area contributed by atoms with Crippen molar-refractivity contribution in [3.05, 3.63) is 94.0 Å². The molecule has 1 aliphatic rings. The topological polar surface area (TPSA) is 67.4 Å². The smallest absolute Gasteiger partial charge is 0.259 e. The van der Waals surface area contributed by atoms with Gasteiger partial charge in [0.05, 0.1) is 23.4 Å². The van der Waals surface area contributed by atoms with Crippen molar-refractivity contribution in [3.63, 3.8) is 0 Å². The summed E-state index contributed by atoms with van der Waals surface area (Å²) in [5.41, 5.74) is 2.52. The van der Waals surface area contributed by atoms with E-state index in [1.807, 2.05) is 48.5 Å². The lowest BCUT2D eigenvalue weighted by molar-refractivity contribution is 0.0928. The summed E-state index contributed by atoms with van der Waals surface area (Å²) in [4.78, 5) is 26.2. The summed E-state index contributed by atoms with van der Waals surface area (Å²) >= 11 is 3.45. The average Bonchev–Trinajstić information content (AvgIpc) is 2.86. The lowest BCUT2D eigenvalue weighted by Crippen LogP contribution is -2.36. The Morgan fingerprint density at radius 3 is 2.38 bits per heavy atom. The van der Waals surface area contributed by atoms with Crippen LogP contribution in [0.2, 0.25) is 0 Å². The number of amides is 2. The van der Waals surface area contributed by atoms with Gasteiger partial charge in [0.15, 0.2) is 0 Å². The fraction of sp³-hybridized carbons (Fsp3) is 0.286. The molecule has 0 aliphatic heterocycles. The van der Waals surface area contributed by atoms with Crippen LogP contribution in [0.3, 0.4) is 0 Å². The van der Waals surface area contributed by atoms with E-state index in [1.165, 1.54) is 12.0 Å². The van der Waals surface area contributed by atoms with Crippen molar-refractivity contribution in [2.75, 3.05) is 11.9 Å². The zero-order chi connectivity index (χ0) is 23.8. The number of halogens is 1. The molecule has 0 atom stereocenters. The number of benzene rings is 3. The normalized spacial score (nSPS) is 13.8. The summed E-state index contributed by atoms with van der Waals surface area (Å²) in [6.45, 7) is 0.451. The van der Waals surface area contributed by atoms with Gasteiger partial charge in [-0.2, -0.15) is 0 Å². The van der Waals surface area contributed by atoms with Crippen molar-refractivity contribution in [1.29, 1.82) is 0 Å². The minimum absolute atomic E-state index is 0.156. The van der Waals surface area contributed by atoms with Crippen LogP contribution >= 0.6 is 15.9 Å². The Kier molecular flexibility index (Phi) is 8.36. The Morgan fingerprint density at radius 1 is 0.853 bits per heavy atom. The van der Waals surface area contributed by atoms with E-state index < -0.39 is 0 Å². The Balaban J connectivity index is 1.46. The van der Waals surface area contributed by atoms with Gasteiger partial charge in [-0.05, 0) is 48.7 Å². The number of rotatable bonds is 8. The summed E-state index contributed by atoms with van der Waals surface area (Å²) < 4.78 is 6.75. The zero-order valence-electron chi connectivity index (χ0n) is 19.1. The Morgan fingerprint density at radius 2 is 1.59 bits per heavy atom. The summed E-state index contributed by atoms with van der Waals surface area (Å²) in [5, 5.41) is 6.05. The van der Waals surface area contributed by atoms with Gasteiger partial charge in [0, 0.05) is 16.9 Å². The van der Waals surface area contributed by atoms with Crippen molar-refractivity contribution in [1.82, 2.24) is 5.32 Å². The molecule has 1 fully saturated rings. The van der Waals surface area contributed by atoms with Crippen LogP contribution < -0.4 is 15.4 Å². The van der Waals surface area contributed by atoms with E-state index >= 15 is 0 Å². The summed E-state index contributed by atoms with van der Waals surface area (Å²) in [7, 11) is 0. The van der Waals surface area contributed by atoms with Crippen molar-refractivity contribution in [2.45, 2.75) is 44.6 Å². The number of hydrogen-bond acceptors (Lipinski definition) is 3. The molecule has 5 nitrogen and oxygen atoms in total. The number of para-hydroxylation sites is 1. The lowest BCUT2D eigenvalue weighted by Gasteiger charge is -2.23. The molecule has 6 heteroatoms. The summed E-state index contributed by atoms with van der Waals surface area (Å²) in [6.07, 6.45) is 6.24. The third-order valence-corrected chi connectivity index (χ3v) is 6.53. The highest BCUT2D eigenvalue weighted by Gasteiger charge is 2.20. The molecule has 3 aromatic rings. The van der Waals surface area contributed by atoms with Crippen molar-refractivity contribution >= 4 is 33.4 Å². The van der Waals surface area contributed by atoms with Crippen LogP contribution in [0.25, 0.3) is 0 Å². The Labute approximate surface area is 209 Å². The fourth-order valence-electron chi connectivity index (χ4n) is 4.22. The maximum Gasteiger partial charge on any atom is 0.259 e. The molecule has 3 aromatic carbocycles. The van der Waals surface area contributed by atoms with Gasteiger partial charge in [0.2, 0.25) is 0 Å². The number of carbonyl (C=O) groups is 2. The number of carbonyl (C=O) groups excluding carboxylic acids is 2. The predicted octanol–water partition coefficient (Wildman–Crippen LogP) is 6.39. The first kappa shape index (κ1) is 24.0. The van der Waals surface area contributed by atoms with E-state index in [4.69, 9.17) is 4.74 Å². The third-order valence-electron chi connectivity index (χ3n) is 6.04. The van der Waals surface area contributed by atoms with Crippen LogP contribution in [0.4, 0.5) is 5.69 Å². The molecule has 0 aromatic heterocycles. The van der Waals surface area contributed by atoms with Gasteiger partial charge in [-0.1, -0.05) is 77.7 Å². The highest BCUT2D eigenvalue weighted by molar-refractivity contribution is 9.10. The van der Waals surface area contributed by atoms with Gasteiger partial charge in [0.25, 0.3) is 11.8 Å². The molecule has 1 aliphatic carbocycles. The van der Waals surface area contributed by atoms with Gasteiger partial charge in [-0.15, -0.1) is 0 Å². The van der Waals surface area contributed by atoms with Gasteiger partial charge in [-0.25, -0.2) is 0 Å². The first-order valence-electron chi connectivity index (χ1n) is 11.8. The molecule has 0 saturated heterocycles. The number of ether oxygens (including phenoxy) is 1. The zero-order valence-corrected chi connectivity index (χ0v) is 20.6. The second-order valence-electron chi connectivity index (χ2n) is 8.53. The van der Waals surface area contributed by atoms with Crippen LogP contribution in [0.1, 0.15) is 58.4 Å². The van der Waals surface area contributed by atoms with Gasteiger partial charge < -0.3 is 15.4 Å². The highest BCUT2D eigenvalue weighted by atomic mass is 79.9. The molecular weight excluding hydrogens is 492 g/mol. The molecule has 0 spiro atoms. The first-order valence-corrected chi connectivity index (χ1v) is 12.6. The molecule has 2 amide bonds. The van der Waals surface area contributed by atoms with E-state index in [-0.39, 0.29) is 17.9 Å². The van der Waals surface area contributed by atoms with E-state index in [2.05, 4.69) is 26.6 Å². The van der Waals surface area contributed by atoms with Crippen molar-refractivity contribution < 1.29 is 14.3 Å².